The molecule has 2 rings (SSSR count). The highest BCUT2D eigenvalue weighted by Crippen LogP contribution is 2.39. The van der Waals surface area contributed by atoms with E-state index in [1.165, 1.54) is 18.2 Å². The topological polar surface area (TPSA) is 55.2 Å². The second kappa shape index (κ2) is 6.09. The van der Waals surface area contributed by atoms with Crippen LogP contribution in [0.1, 0.15) is 25.7 Å². The van der Waals surface area contributed by atoms with E-state index in [2.05, 4.69) is 5.32 Å². The van der Waals surface area contributed by atoms with Gasteiger partial charge in [0.25, 0.3) is 5.69 Å². The van der Waals surface area contributed by atoms with E-state index >= 15 is 0 Å². The SMILES string of the molecule is O=[N+]([O-])c1ccc(NC2CCCC(C(F)(F)F)C2)c(Cl)c1. The van der Waals surface area contributed by atoms with Crippen molar-refractivity contribution in [2.24, 2.45) is 5.92 Å². The molecule has 0 radical (unpaired) electrons. The number of hydrogen-bond donors (Lipinski definition) is 1. The number of halogens is 4. The Labute approximate surface area is 124 Å². The summed E-state index contributed by atoms with van der Waals surface area (Å²) in [7, 11) is 0. The fraction of sp³-hybridized carbons (Fsp3) is 0.538. The second-order valence-electron chi connectivity index (χ2n) is 5.17. The van der Waals surface area contributed by atoms with E-state index in [1.54, 1.807) is 0 Å². The predicted octanol–water partition coefficient (Wildman–Crippen LogP) is 4.78. The van der Waals surface area contributed by atoms with Gasteiger partial charge in [-0.15, -0.1) is 0 Å². The summed E-state index contributed by atoms with van der Waals surface area (Å²) >= 11 is 5.93. The number of alkyl halides is 3. The molecule has 0 bridgehead atoms. The highest BCUT2D eigenvalue weighted by atomic mass is 35.5. The molecule has 1 N–H and O–H groups in total. The Hall–Kier alpha value is -1.50. The van der Waals surface area contributed by atoms with Crippen molar-refractivity contribution in [1.82, 2.24) is 0 Å². The zero-order chi connectivity index (χ0) is 15.6. The highest BCUT2D eigenvalue weighted by Gasteiger charge is 2.42. The fourth-order valence-electron chi connectivity index (χ4n) is 2.57. The van der Waals surface area contributed by atoms with Crippen LogP contribution in [0.4, 0.5) is 24.5 Å². The Balaban J connectivity index is 2.06. The van der Waals surface area contributed by atoms with Crippen LogP contribution in [-0.2, 0) is 0 Å². The van der Waals surface area contributed by atoms with Crippen molar-refractivity contribution in [2.45, 2.75) is 37.9 Å². The van der Waals surface area contributed by atoms with Gasteiger partial charge in [0.05, 0.1) is 21.6 Å². The Morgan fingerprint density at radius 3 is 2.62 bits per heavy atom. The number of nitrogens with one attached hydrogen (secondary N) is 1. The minimum atomic E-state index is -4.18. The van der Waals surface area contributed by atoms with Crippen LogP contribution in [0.3, 0.4) is 0 Å². The molecule has 1 aromatic carbocycles. The molecule has 2 atom stereocenters. The van der Waals surface area contributed by atoms with Gasteiger partial charge in [-0.05, 0) is 25.3 Å². The first kappa shape index (κ1) is 15.9. The van der Waals surface area contributed by atoms with Crippen molar-refractivity contribution in [3.63, 3.8) is 0 Å². The number of nitro benzene ring substituents is 1. The summed E-state index contributed by atoms with van der Waals surface area (Å²) in [5.41, 5.74) is 0.275. The molecule has 8 heteroatoms. The fourth-order valence-corrected chi connectivity index (χ4v) is 2.80. The first-order chi connectivity index (χ1) is 9.77. The largest absolute Gasteiger partial charge is 0.391 e. The number of anilines is 1. The molecular formula is C13H14ClF3N2O2. The Bertz CT molecular complexity index is 537. The van der Waals surface area contributed by atoms with E-state index in [-0.39, 0.29) is 29.6 Å². The molecule has 1 aliphatic rings. The van der Waals surface area contributed by atoms with Crippen molar-refractivity contribution in [2.75, 3.05) is 5.32 Å². The molecule has 2 unspecified atom stereocenters. The summed E-state index contributed by atoms with van der Waals surface area (Å²) in [5, 5.41) is 13.7. The number of rotatable bonds is 3. The monoisotopic (exact) mass is 322 g/mol. The van der Waals surface area contributed by atoms with Crippen LogP contribution >= 0.6 is 11.6 Å². The third-order valence-corrected chi connectivity index (χ3v) is 3.97. The van der Waals surface area contributed by atoms with Crippen LogP contribution in [0.15, 0.2) is 18.2 Å². The molecule has 0 spiro atoms. The van der Waals surface area contributed by atoms with Gasteiger partial charge in [-0.1, -0.05) is 18.0 Å². The van der Waals surface area contributed by atoms with E-state index in [0.29, 0.717) is 18.5 Å². The molecule has 0 aliphatic heterocycles. The molecule has 4 nitrogen and oxygen atoms in total. The van der Waals surface area contributed by atoms with E-state index < -0.39 is 17.0 Å². The minimum absolute atomic E-state index is 0.00316. The normalized spacial score (nSPS) is 22.9. The zero-order valence-corrected chi connectivity index (χ0v) is 11.7. The van der Waals surface area contributed by atoms with Gasteiger partial charge in [-0.25, -0.2) is 0 Å². The van der Waals surface area contributed by atoms with Crippen molar-refractivity contribution in [3.05, 3.63) is 33.3 Å². The lowest BCUT2D eigenvalue weighted by molar-refractivity contribution is -0.384. The van der Waals surface area contributed by atoms with Gasteiger partial charge in [0, 0.05) is 18.2 Å². The molecule has 21 heavy (non-hydrogen) atoms. The van der Waals surface area contributed by atoms with Crippen LogP contribution in [0, 0.1) is 16.0 Å². The van der Waals surface area contributed by atoms with Crippen molar-refractivity contribution >= 4 is 23.0 Å². The van der Waals surface area contributed by atoms with Gasteiger partial charge in [0.15, 0.2) is 0 Å². The molecule has 116 valence electrons. The Morgan fingerprint density at radius 1 is 1.33 bits per heavy atom. The predicted molar refractivity (Wildman–Crippen MR) is 73.5 cm³/mol. The highest BCUT2D eigenvalue weighted by molar-refractivity contribution is 6.33. The van der Waals surface area contributed by atoms with Gasteiger partial charge in [-0.2, -0.15) is 13.2 Å². The standard InChI is InChI=1S/C13H14ClF3N2O2/c14-11-7-10(19(20)21)4-5-12(11)18-9-3-1-2-8(6-9)13(15,16)17/h4-5,7-9,18H,1-3,6H2. The molecule has 0 aromatic heterocycles. The van der Waals surface area contributed by atoms with Gasteiger partial charge in [-0.3, -0.25) is 10.1 Å². The van der Waals surface area contributed by atoms with Gasteiger partial charge in [0.2, 0.25) is 0 Å². The maximum atomic E-state index is 12.7. The summed E-state index contributed by atoms with van der Waals surface area (Å²) in [6.07, 6.45) is -2.92. The maximum absolute atomic E-state index is 12.7. The van der Waals surface area contributed by atoms with E-state index in [9.17, 15) is 23.3 Å². The van der Waals surface area contributed by atoms with Crippen LogP contribution in [-0.4, -0.2) is 17.1 Å². The van der Waals surface area contributed by atoms with Crippen molar-refractivity contribution in [3.8, 4) is 0 Å². The van der Waals surface area contributed by atoms with Crippen LogP contribution in [0.5, 0.6) is 0 Å². The third kappa shape index (κ3) is 4.00. The van der Waals surface area contributed by atoms with Crippen LogP contribution in [0.2, 0.25) is 5.02 Å². The molecular weight excluding hydrogens is 309 g/mol. The maximum Gasteiger partial charge on any atom is 0.391 e. The lowest BCUT2D eigenvalue weighted by Gasteiger charge is -2.31. The molecule has 1 saturated carbocycles. The van der Waals surface area contributed by atoms with Crippen LogP contribution < -0.4 is 5.32 Å². The van der Waals surface area contributed by atoms with Gasteiger partial charge in [0.1, 0.15) is 0 Å². The molecule has 0 saturated heterocycles. The van der Waals surface area contributed by atoms with Crippen molar-refractivity contribution < 1.29 is 18.1 Å². The molecule has 0 heterocycles. The zero-order valence-electron chi connectivity index (χ0n) is 11.0. The van der Waals surface area contributed by atoms with E-state index in [0.717, 1.165) is 0 Å². The number of nitro groups is 1. The first-order valence-corrected chi connectivity index (χ1v) is 6.92. The summed E-state index contributed by atoms with van der Waals surface area (Å²) in [5.74, 6) is -1.31. The number of nitrogens with zero attached hydrogens (tertiary/aromatic N) is 1. The quantitative estimate of drug-likeness (QED) is 0.643. The number of non-ortho nitro benzene ring substituents is 1. The first-order valence-electron chi connectivity index (χ1n) is 6.54. The molecule has 1 aliphatic carbocycles. The average molecular weight is 323 g/mol. The molecule has 1 aromatic rings. The Kier molecular flexibility index (Phi) is 4.61. The summed E-state index contributed by atoms with van der Waals surface area (Å²) in [6, 6.07) is 3.56. The Morgan fingerprint density at radius 2 is 2.05 bits per heavy atom. The minimum Gasteiger partial charge on any atom is -0.381 e. The van der Waals surface area contributed by atoms with Gasteiger partial charge >= 0.3 is 6.18 Å². The van der Waals surface area contributed by atoms with Crippen LogP contribution in [0.25, 0.3) is 0 Å². The summed E-state index contributed by atoms with van der Waals surface area (Å²) in [4.78, 5) is 10.0. The lowest BCUT2D eigenvalue weighted by atomic mass is 9.85. The summed E-state index contributed by atoms with van der Waals surface area (Å²) < 4.78 is 38.2. The van der Waals surface area contributed by atoms with Gasteiger partial charge < -0.3 is 5.32 Å². The average Bonchev–Trinajstić information content (AvgIpc) is 2.40. The third-order valence-electron chi connectivity index (χ3n) is 3.66. The summed E-state index contributed by atoms with van der Waals surface area (Å²) in [6.45, 7) is 0. The lowest BCUT2D eigenvalue weighted by Crippen LogP contribution is -2.34. The molecule has 0 amide bonds. The molecule has 1 fully saturated rings. The number of benzene rings is 1. The number of hydrogen-bond acceptors (Lipinski definition) is 3. The van der Waals surface area contributed by atoms with Crippen molar-refractivity contribution in [1.29, 1.82) is 0 Å². The van der Waals surface area contributed by atoms with E-state index in [1.807, 2.05) is 0 Å². The smallest absolute Gasteiger partial charge is 0.381 e. The second-order valence-corrected chi connectivity index (χ2v) is 5.57. The van der Waals surface area contributed by atoms with E-state index in [4.69, 9.17) is 11.6 Å².